The number of esters is 3. The van der Waals surface area contributed by atoms with Crippen molar-refractivity contribution in [1.29, 1.82) is 0 Å². The maximum atomic E-state index is 13.0. The fraction of sp³-hybridized carbons (Fsp3) is 0.900. The number of hydrogen-bond donors (Lipinski definition) is 6. The lowest BCUT2D eigenvalue weighted by Gasteiger charge is -2.24. The third-order valence-electron chi connectivity index (χ3n) is 9.19. The number of carbonyl (C=O) groups excluding carboxylic acids is 3. The number of carboxylic acids is 1. The fourth-order valence-electron chi connectivity index (χ4n) is 6.33. The average molecular weight is 763 g/mol. The summed E-state index contributed by atoms with van der Waals surface area (Å²) in [4.78, 5) is 49.4. The van der Waals surface area contributed by atoms with Gasteiger partial charge < -0.3 is 44.8 Å². The molecule has 0 aromatic heterocycles. The van der Waals surface area contributed by atoms with Gasteiger partial charge in [-0.15, -0.1) is 0 Å². The number of aliphatic carboxylic acids is 1. The van der Waals surface area contributed by atoms with Crippen LogP contribution in [0.15, 0.2) is 0 Å². The highest BCUT2D eigenvalue weighted by atomic mass is 16.6. The van der Waals surface area contributed by atoms with Crippen molar-refractivity contribution in [3.63, 3.8) is 0 Å². The van der Waals surface area contributed by atoms with Gasteiger partial charge in [0, 0.05) is 19.3 Å². The molecule has 0 bridgehead atoms. The minimum Gasteiger partial charge on any atom is -0.481 e. The Kier molecular flexibility index (Phi) is 30.6. The van der Waals surface area contributed by atoms with Crippen molar-refractivity contribution in [2.24, 2.45) is 0 Å². The van der Waals surface area contributed by atoms with Crippen LogP contribution in [0.3, 0.4) is 0 Å². The topological polar surface area (TPSA) is 217 Å². The molecule has 0 rings (SSSR count). The van der Waals surface area contributed by atoms with Gasteiger partial charge in [0.25, 0.3) is 0 Å². The lowest BCUT2D eigenvalue weighted by molar-refractivity contribution is -0.156. The van der Waals surface area contributed by atoms with Crippen LogP contribution >= 0.6 is 0 Å². The quantitative estimate of drug-likeness (QED) is 0.0246. The van der Waals surface area contributed by atoms with Gasteiger partial charge >= 0.3 is 23.9 Å². The number of ether oxygens (including phenoxy) is 3. The summed E-state index contributed by atoms with van der Waals surface area (Å²) in [5, 5.41) is 61.2. The molecule has 0 unspecified atom stereocenters. The monoisotopic (exact) mass is 763 g/mol. The van der Waals surface area contributed by atoms with E-state index in [0.717, 1.165) is 70.6 Å². The Labute approximate surface area is 318 Å². The molecule has 53 heavy (non-hydrogen) atoms. The fourth-order valence-corrected chi connectivity index (χ4v) is 6.33. The summed E-state index contributed by atoms with van der Waals surface area (Å²) in [6.07, 6.45) is 3.46. The molecule has 13 heteroatoms. The Balaban J connectivity index is 5.24. The second-order valence-corrected chi connectivity index (χ2v) is 14.7. The summed E-state index contributed by atoms with van der Waals surface area (Å²) >= 11 is 0. The van der Waals surface area contributed by atoms with Gasteiger partial charge in [-0.3, -0.25) is 19.2 Å². The van der Waals surface area contributed by atoms with Crippen LogP contribution in [0.2, 0.25) is 0 Å². The molecule has 0 aromatic carbocycles. The van der Waals surface area contributed by atoms with Gasteiger partial charge in [0.05, 0.1) is 56.2 Å². The van der Waals surface area contributed by atoms with Crippen molar-refractivity contribution >= 4 is 23.9 Å². The number of hydrogen-bond acceptors (Lipinski definition) is 12. The molecule has 0 aliphatic carbocycles. The van der Waals surface area contributed by atoms with Crippen LogP contribution < -0.4 is 0 Å². The lowest BCUT2D eigenvalue weighted by atomic mass is 10.0. The van der Waals surface area contributed by atoms with Gasteiger partial charge in [0.15, 0.2) is 0 Å². The van der Waals surface area contributed by atoms with Gasteiger partial charge in [-0.05, 0) is 51.4 Å². The summed E-state index contributed by atoms with van der Waals surface area (Å²) in [5.41, 5.74) is 0. The van der Waals surface area contributed by atoms with E-state index in [1.54, 1.807) is 0 Å². The number of rotatable bonds is 35. The van der Waals surface area contributed by atoms with Crippen molar-refractivity contribution < 1.29 is 64.0 Å². The van der Waals surface area contributed by atoms with Crippen molar-refractivity contribution in [2.75, 3.05) is 0 Å². The van der Waals surface area contributed by atoms with Gasteiger partial charge in [-0.2, -0.15) is 0 Å². The normalized spacial score (nSPS) is 16.1. The zero-order valence-corrected chi connectivity index (χ0v) is 33.1. The van der Waals surface area contributed by atoms with E-state index in [2.05, 4.69) is 6.92 Å². The average Bonchev–Trinajstić information content (AvgIpc) is 3.04. The maximum absolute atomic E-state index is 13.0. The molecule has 0 saturated carbocycles. The first-order valence-electron chi connectivity index (χ1n) is 20.4. The minimum absolute atomic E-state index is 0.00412. The van der Waals surface area contributed by atoms with Crippen LogP contribution in [-0.2, 0) is 33.4 Å². The molecule has 6 N–H and O–H groups in total. The molecule has 0 aliphatic rings. The highest BCUT2D eigenvalue weighted by Crippen LogP contribution is 2.21. The summed E-state index contributed by atoms with van der Waals surface area (Å²) < 4.78 is 16.8. The molecule has 0 saturated heterocycles. The predicted molar refractivity (Wildman–Crippen MR) is 201 cm³/mol. The van der Waals surface area contributed by atoms with Gasteiger partial charge in [0.1, 0.15) is 18.3 Å². The molecular weight excluding hydrogens is 688 g/mol. The Bertz CT molecular complexity index is 961. The first-order valence-corrected chi connectivity index (χ1v) is 20.4. The molecule has 0 heterocycles. The van der Waals surface area contributed by atoms with Crippen LogP contribution in [-0.4, -0.2) is 103 Å². The standard InChI is InChI=1S/C40H74O13/c1-5-9-13-17-29(41)21-30(42)26-38(48)52-35(19-15-11-7-3)23-32(44)28-40(50)53-36(20-16-12-8-4)24-33(45)27-39(49)51-34(18-14-10-6-2)22-31(43)25-37(46)47/h29-36,41-45H,5-28H2,1-4H3,(H,46,47)/t29-,30-,31+,32-,33-,34-,35+,36+/m0/s1. The number of carbonyl (C=O) groups is 4. The molecule has 0 amide bonds. The third kappa shape index (κ3) is 29.7. The van der Waals surface area contributed by atoms with E-state index in [-0.39, 0.29) is 44.9 Å². The SMILES string of the molecule is CCCCC[C@H](O)C[C@H](O)CC(=O)O[C@H](CCCCC)C[C@H](O)CC(=O)O[C@H](CCCCC)C[C@H](O)CC(=O)O[C@@H](CCCCC)C[C@@H](O)CC(=O)O. The molecule has 0 aromatic rings. The Hall–Kier alpha value is -2.32. The summed E-state index contributed by atoms with van der Waals surface area (Å²) in [6.45, 7) is 8.13. The third-order valence-corrected chi connectivity index (χ3v) is 9.19. The van der Waals surface area contributed by atoms with Crippen molar-refractivity contribution in [1.82, 2.24) is 0 Å². The smallest absolute Gasteiger partial charge is 0.308 e. The minimum atomic E-state index is -1.19. The zero-order valence-electron chi connectivity index (χ0n) is 33.1. The second-order valence-electron chi connectivity index (χ2n) is 14.7. The van der Waals surface area contributed by atoms with Crippen molar-refractivity contribution in [3.8, 4) is 0 Å². The van der Waals surface area contributed by atoms with E-state index < -0.39 is 79.1 Å². The highest BCUT2D eigenvalue weighted by molar-refractivity contribution is 5.71. The first-order chi connectivity index (χ1) is 25.2. The Morgan fingerprint density at radius 3 is 0.981 bits per heavy atom. The summed E-state index contributed by atoms with van der Waals surface area (Å²) in [6, 6.07) is 0. The molecule has 0 aliphatic heterocycles. The molecule has 312 valence electrons. The van der Waals surface area contributed by atoms with Crippen molar-refractivity contribution in [3.05, 3.63) is 0 Å². The highest BCUT2D eigenvalue weighted by Gasteiger charge is 2.27. The number of carboxylic acid groups (broad SMARTS) is 1. The first kappa shape index (κ1) is 50.7. The molecular formula is C40H74O13. The van der Waals surface area contributed by atoms with Gasteiger partial charge in [-0.25, -0.2) is 0 Å². The summed E-state index contributed by atoms with van der Waals surface area (Å²) in [5.74, 6) is -3.19. The number of unbranched alkanes of at least 4 members (excludes halogenated alkanes) is 8. The molecule has 0 fully saturated rings. The van der Waals surface area contributed by atoms with Crippen LogP contribution in [0.25, 0.3) is 0 Å². The van der Waals surface area contributed by atoms with E-state index in [1.807, 2.05) is 20.8 Å². The number of aliphatic hydroxyl groups excluding tert-OH is 5. The predicted octanol–water partition coefficient (Wildman–Crippen LogP) is 6.05. The zero-order chi connectivity index (χ0) is 40.0. The molecule has 0 spiro atoms. The van der Waals surface area contributed by atoms with Crippen LogP contribution in [0.1, 0.15) is 182 Å². The van der Waals surface area contributed by atoms with Crippen LogP contribution in [0, 0.1) is 0 Å². The van der Waals surface area contributed by atoms with Crippen LogP contribution in [0.4, 0.5) is 0 Å². The second kappa shape index (κ2) is 32.0. The van der Waals surface area contributed by atoms with Crippen LogP contribution in [0.5, 0.6) is 0 Å². The van der Waals surface area contributed by atoms with E-state index in [1.165, 1.54) is 0 Å². The van der Waals surface area contributed by atoms with E-state index in [4.69, 9.17) is 19.3 Å². The van der Waals surface area contributed by atoms with Gasteiger partial charge in [-0.1, -0.05) is 85.5 Å². The maximum Gasteiger partial charge on any atom is 0.308 e. The molecule has 13 nitrogen and oxygen atoms in total. The van der Waals surface area contributed by atoms with Gasteiger partial charge in [0.2, 0.25) is 0 Å². The molecule has 8 atom stereocenters. The Morgan fingerprint density at radius 1 is 0.396 bits per heavy atom. The summed E-state index contributed by atoms with van der Waals surface area (Å²) in [7, 11) is 0. The van der Waals surface area contributed by atoms with E-state index >= 15 is 0 Å². The lowest BCUT2D eigenvalue weighted by Crippen LogP contribution is -2.31. The van der Waals surface area contributed by atoms with E-state index in [9.17, 15) is 44.7 Å². The largest absolute Gasteiger partial charge is 0.481 e. The number of aliphatic hydroxyl groups is 5. The Morgan fingerprint density at radius 2 is 0.679 bits per heavy atom. The van der Waals surface area contributed by atoms with E-state index in [0.29, 0.717) is 32.1 Å². The van der Waals surface area contributed by atoms with Crippen molar-refractivity contribution in [2.45, 2.75) is 231 Å². The molecule has 0 radical (unpaired) electrons.